The highest BCUT2D eigenvalue weighted by Gasteiger charge is 2.28. The van der Waals surface area contributed by atoms with Crippen LogP contribution in [-0.4, -0.2) is 55.4 Å². The van der Waals surface area contributed by atoms with Gasteiger partial charge in [-0.15, -0.1) is 0 Å². The Labute approximate surface area is 157 Å². The largest absolute Gasteiger partial charge is 0.491 e. The van der Waals surface area contributed by atoms with Crippen molar-refractivity contribution in [2.24, 2.45) is 0 Å². The lowest BCUT2D eigenvalue weighted by atomic mass is 10.0. The van der Waals surface area contributed by atoms with Gasteiger partial charge < -0.3 is 20.1 Å². The third-order valence-corrected chi connectivity index (χ3v) is 4.63. The molecule has 1 aliphatic heterocycles. The summed E-state index contributed by atoms with van der Waals surface area (Å²) in [7, 11) is 0. The van der Waals surface area contributed by atoms with Crippen molar-refractivity contribution < 1.29 is 14.3 Å². The quantitative estimate of drug-likeness (QED) is 0.782. The summed E-state index contributed by atoms with van der Waals surface area (Å²) < 4.78 is 11.1. The molecular weight excluding hydrogens is 330 g/mol. The van der Waals surface area contributed by atoms with Crippen LogP contribution in [0.5, 0.6) is 5.75 Å². The second-order valence-corrected chi connectivity index (χ2v) is 7.70. The Bertz CT molecular complexity index is 583. The SMILES string of the molecule is CC(C)Oc1cccc(C(C)NC(=O)NCC(C)(C)N2CCOCC2)c1. The average molecular weight is 364 g/mol. The van der Waals surface area contributed by atoms with Gasteiger partial charge >= 0.3 is 6.03 Å². The van der Waals surface area contributed by atoms with Gasteiger partial charge in [0.15, 0.2) is 0 Å². The van der Waals surface area contributed by atoms with E-state index in [9.17, 15) is 4.79 Å². The van der Waals surface area contributed by atoms with E-state index in [4.69, 9.17) is 9.47 Å². The first-order valence-corrected chi connectivity index (χ1v) is 9.42. The molecule has 6 heteroatoms. The zero-order valence-electron chi connectivity index (χ0n) is 16.7. The van der Waals surface area contributed by atoms with E-state index in [1.165, 1.54) is 0 Å². The number of hydrogen-bond acceptors (Lipinski definition) is 4. The van der Waals surface area contributed by atoms with E-state index in [-0.39, 0.29) is 23.7 Å². The molecule has 146 valence electrons. The Morgan fingerprint density at radius 3 is 2.62 bits per heavy atom. The van der Waals surface area contributed by atoms with Gasteiger partial charge in [-0.3, -0.25) is 4.90 Å². The maximum atomic E-state index is 12.3. The summed E-state index contributed by atoms with van der Waals surface area (Å²) in [5.74, 6) is 0.819. The normalized spacial score (nSPS) is 17.0. The lowest BCUT2D eigenvalue weighted by Crippen LogP contribution is -2.56. The molecule has 1 aromatic carbocycles. The highest BCUT2D eigenvalue weighted by Crippen LogP contribution is 2.20. The van der Waals surface area contributed by atoms with Crippen LogP contribution in [0.4, 0.5) is 4.79 Å². The summed E-state index contributed by atoms with van der Waals surface area (Å²) in [5.41, 5.74) is 0.917. The molecule has 2 N–H and O–H groups in total. The zero-order chi connectivity index (χ0) is 19.2. The molecule has 26 heavy (non-hydrogen) atoms. The van der Waals surface area contributed by atoms with E-state index < -0.39 is 0 Å². The number of ether oxygens (including phenoxy) is 2. The number of nitrogens with one attached hydrogen (secondary N) is 2. The molecule has 0 aromatic heterocycles. The van der Waals surface area contributed by atoms with Crippen LogP contribution >= 0.6 is 0 Å². The summed E-state index contributed by atoms with van der Waals surface area (Å²) in [6.07, 6.45) is 0.124. The van der Waals surface area contributed by atoms with Gasteiger partial charge in [0.05, 0.1) is 25.4 Å². The second-order valence-electron chi connectivity index (χ2n) is 7.70. The molecule has 1 saturated heterocycles. The lowest BCUT2D eigenvalue weighted by molar-refractivity contribution is -0.00876. The Hall–Kier alpha value is -1.79. The van der Waals surface area contributed by atoms with Gasteiger partial charge in [-0.25, -0.2) is 4.79 Å². The van der Waals surface area contributed by atoms with Crippen molar-refractivity contribution in [3.05, 3.63) is 29.8 Å². The zero-order valence-corrected chi connectivity index (χ0v) is 16.7. The van der Waals surface area contributed by atoms with Crippen molar-refractivity contribution >= 4 is 6.03 Å². The minimum absolute atomic E-state index is 0.0998. The Balaban J connectivity index is 1.85. The average Bonchev–Trinajstić information content (AvgIpc) is 2.60. The van der Waals surface area contributed by atoms with Gasteiger partial charge in [-0.05, 0) is 52.3 Å². The van der Waals surface area contributed by atoms with Crippen LogP contribution in [0.3, 0.4) is 0 Å². The van der Waals surface area contributed by atoms with Crippen LogP contribution in [-0.2, 0) is 4.74 Å². The Kier molecular flexibility index (Phi) is 7.29. The molecule has 1 atom stereocenters. The predicted octanol–water partition coefficient (Wildman–Crippen LogP) is 2.94. The first kappa shape index (κ1) is 20.5. The number of amides is 2. The maximum Gasteiger partial charge on any atom is 0.315 e. The molecule has 2 amide bonds. The van der Waals surface area contributed by atoms with E-state index in [0.717, 1.165) is 37.6 Å². The number of urea groups is 1. The number of morpholine rings is 1. The van der Waals surface area contributed by atoms with Crippen LogP contribution < -0.4 is 15.4 Å². The Morgan fingerprint density at radius 1 is 1.27 bits per heavy atom. The van der Waals surface area contributed by atoms with Gasteiger partial charge in [-0.2, -0.15) is 0 Å². The van der Waals surface area contributed by atoms with E-state index >= 15 is 0 Å². The van der Waals surface area contributed by atoms with E-state index in [2.05, 4.69) is 29.4 Å². The Morgan fingerprint density at radius 2 is 1.96 bits per heavy atom. The summed E-state index contributed by atoms with van der Waals surface area (Å²) in [5, 5.41) is 6.01. The molecule has 1 unspecified atom stereocenters. The molecular formula is C20H33N3O3. The smallest absolute Gasteiger partial charge is 0.315 e. The highest BCUT2D eigenvalue weighted by molar-refractivity contribution is 5.74. The van der Waals surface area contributed by atoms with Crippen LogP contribution in [0.1, 0.15) is 46.2 Å². The maximum absolute atomic E-state index is 12.3. The summed E-state index contributed by atoms with van der Waals surface area (Å²) in [6, 6.07) is 7.59. The van der Waals surface area contributed by atoms with Crippen molar-refractivity contribution in [1.29, 1.82) is 0 Å². The molecule has 0 spiro atoms. The summed E-state index contributed by atoms with van der Waals surface area (Å²) in [6.45, 7) is 14.1. The minimum Gasteiger partial charge on any atom is -0.491 e. The van der Waals surface area contributed by atoms with Crippen molar-refractivity contribution in [2.75, 3.05) is 32.8 Å². The van der Waals surface area contributed by atoms with Crippen molar-refractivity contribution in [3.8, 4) is 5.75 Å². The van der Waals surface area contributed by atoms with E-state index in [0.29, 0.717) is 6.54 Å². The summed E-state index contributed by atoms with van der Waals surface area (Å²) >= 11 is 0. The summed E-state index contributed by atoms with van der Waals surface area (Å²) in [4.78, 5) is 14.7. The molecule has 2 rings (SSSR count). The molecule has 1 aromatic rings. The molecule has 1 fully saturated rings. The molecule has 1 aliphatic rings. The van der Waals surface area contributed by atoms with Gasteiger partial charge in [0.1, 0.15) is 5.75 Å². The first-order chi connectivity index (χ1) is 12.3. The predicted molar refractivity (Wildman–Crippen MR) is 104 cm³/mol. The van der Waals surface area contributed by atoms with Crippen molar-refractivity contribution in [1.82, 2.24) is 15.5 Å². The topological polar surface area (TPSA) is 62.8 Å². The van der Waals surface area contributed by atoms with E-state index in [1.807, 2.05) is 45.0 Å². The third kappa shape index (κ3) is 6.18. The lowest BCUT2D eigenvalue weighted by Gasteiger charge is -2.40. The fraction of sp³-hybridized carbons (Fsp3) is 0.650. The number of carbonyl (C=O) groups is 1. The number of hydrogen-bond donors (Lipinski definition) is 2. The fourth-order valence-corrected chi connectivity index (χ4v) is 3.04. The number of carbonyl (C=O) groups excluding carboxylic acids is 1. The number of nitrogens with zero attached hydrogens (tertiary/aromatic N) is 1. The number of rotatable bonds is 7. The van der Waals surface area contributed by atoms with Crippen LogP contribution in [0.25, 0.3) is 0 Å². The van der Waals surface area contributed by atoms with E-state index in [1.54, 1.807) is 0 Å². The van der Waals surface area contributed by atoms with Crippen LogP contribution in [0.2, 0.25) is 0 Å². The second kappa shape index (κ2) is 9.24. The highest BCUT2D eigenvalue weighted by atomic mass is 16.5. The van der Waals surface area contributed by atoms with Crippen molar-refractivity contribution in [2.45, 2.75) is 52.3 Å². The van der Waals surface area contributed by atoms with Gasteiger partial charge in [0, 0.05) is 25.2 Å². The van der Waals surface area contributed by atoms with Gasteiger partial charge in [0.2, 0.25) is 0 Å². The van der Waals surface area contributed by atoms with Gasteiger partial charge in [-0.1, -0.05) is 12.1 Å². The van der Waals surface area contributed by atoms with Crippen LogP contribution in [0, 0.1) is 0 Å². The first-order valence-electron chi connectivity index (χ1n) is 9.42. The molecule has 0 aliphatic carbocycles. The fourth-order valence-electron chi connectivity index (χ4n) is 3.04. The molecule has 0 radical (unpaired) electrons. The molecule has 0 saturated carbocycles. The van der Waals surface area contributed by atoms with Crippen molar-refractivity contribution in [3.63, 3.8) is 0 Å². The molecule has 1 heterocycles. The number of benzene rings is 1. The third-order valence-electron chi connectivity index (χ3n) is 4.63. The van der Waals surface area contributed by atoms with Crippen LogP contribution in [0.15, 0.2) is 24.3 Å². The molecule has 0 bridgehead atoms. The standard InChI is InChI=1S/C20H33N3O3/c1-15(2)26-18-8-6-7-17(13-18)16(3)22-19(24)21-14-20(4,5)23-9-11-25-12-10-23/h6-8,13,15-16H,9-12,14H2,1-5H3,(H2,21,22,24). The van der Waals surface area contributed by atoms with Gasteiger partial charge in [0.25, 0.3) is 0 Å². The minimum atomic E-state index is -0.158. The molecule has 6 nitrogen and oxygen atoms in total. The monoisotopic (exact) mass is 363 g/mol.